The van der Waals surface area contributed by atoms with Gasteiger partial charge >= 0.3 is 0 Å². The van der Waals surface area contributed by atoms with E-state index in [2.05, 4.69) is 30.9 Å². The van der Waals surface area contributed by atoms with Crippen molar-refractivity contribution in [3.8, 4) is 0 Å². The van der Waals surface area contributed by atoms with Crippen LogP contribution in [0.15, 0.2) is 0 Å². The molecular weight excluding hydrogens is 188 g/mol. The monoisotopic (exact) mass is 220 g/mol. The van der Waals surface area contributed by atoms with Gasteiger partial charge in [0.25, 0.3) is 0 Å². The summed E-state index contributed by atoms with van der Waals surface area (Å²) in [6.45, 7) is 11.4. The third-order valence-corrected chi connectivity index (χ3v) is 1.63. The smallest absolute Gasteiger partial charge is 0.0443 e. The number of likely N-dealkylation sites (N-methyl/N-ethyl adjacent to an activating group) is 2. The Bertz CT molecular complexity index is 87.7. The Balaban J connectivity index is -0.000000318. The van der Waals surface area contributed by atoms with Crippen LogP contribution in [-0.2, 0) is 0 Å². The first-order valence-electron chi connectivity index (χ1n) is 6.11. The van der Waals surface area contributed by atoms with Crippen molar-refractivity contribution in [2.24, 2.45) is 0 Å². The van der Waals surface area contributed by atoms with Crippen LogP contribution in [0.25, 0.3) is 0 Å². The molecule has 15 heavy (non-hydrogen) atoms. The van der Waals surface area contributed by atoms with Gasteiger partial charge in [-0.25, -0.2) is 0 Å². The molecule has 0 saturated heterocycles. The van der Waals surface area contributed by atoms with Gasteiger partial charge in [0.15, 0.2) is 0 Å². The Kier molecular flexibility index (Phi) is 26.3. The van der Waals surface area contributed by atoms with Crippen LogP contribution >= 0.6 is 0 Å². The highest BCUT2D eigenvalue weighted by molar-refractivity contribution is 4.53. The zero-order valence-corrected chi connectivity index (χ0v) is 11.9. The van der Waals surface area contributed by atoms with Gasteiger partial charge in [0.2, 0.25) is 0 Å². The van der Waals surface area contributed by atoms with Crippen molar-refractivity contribution in [2.45, 2.75) is 34.1 Å². The topological polar surface area (TPSA) is 26.7 Å². The molecule has 0 saturated carbocycles. The van der Waals surface area contributed by atoms with E-state index < -0.39 is 0 Å². The Morgan fingerprint density at radius 2 is 1.27 bits per heavy atom. The predicted molar refractivity (Wildman–Crippen MR) is 70.4 cm³/mol. The summed E-state index contributed by atoms with van der Waals surface area (Å²) in [4.78, 5) is 4.39. The number of rotatable bonds is 6. The molecule has 0 heterocycles. The van der Waals surface area contributed by atoms with E-state index in [1.165, 1.54) is 0 Å². The Labute approximate surface area is 97.1 Å². The van der Waals surface area contributed by atoms with Crippen LogP contribution in [-0.4, -0.2) is 62.3 Å². The minimum Gasteiger partial charge on any atom is -0.396 e. The Morgan fingerprint density at radius 3 is 1.60 bits per heavy atom. The van der Waals surface area contributed by atoms with Gasteiger partial charge in [0.05, 0.1) is 0 Å². The minimum atomic E-state index is 0.298. The molecule has 0 bridgehead atoms. The first kappa shape index (κ1) is 20.3. The van der Waals surface area contributed by atoms with Crippen LogP contribution < -0.4 is 0 Å². The second-order valence-electron chi connectivity index (χ2n) is 3.18. The van der Waals surface area contributed by atoms with Crippen LogP contribution in [0.4, 0.5) is 0 Å². The molecule has 0 amide bonds. The average Bonchev–Trinajstić information content (AvgIpc) is 2.29. The molecule has 0 aliphatic carbocycles. The van der Waals surface area contributed by atoms with Crippen molar-refractivity contribution in [1.82, 2.24) is 9.80 Å². The predicted octanol–water partition coefficient (Wildman–Crippen LogP) is 1.91. The molecular formula is C12H32N2O. The third-order valence-electron chi connectivity index (χ3n) is 1.63. The molecule has 0 aliphatic heterocycles. The van der Waals surface area contributed by atoms with Crippen LogP contribution in [0.5, 0.6) is 0 Å². The van der Waals surface area contributed by atoms with Crippen LogP contribution in [0.2, 0.25) is 0 Å². The summed E-state index contributed by atoms with van der Waals surface area (Å²) in [6.07, 6.45) is 0.879. The third kappa shape index (κ3) is 24.8. The number of hydrogen-bond acceptors (Lipinski definition) is 3. The molecule has 0 rings (SSSR count). The van der Waals surface area contributed by atoms with E-state index in [1.807, 2.05) is 27.7 Å². The van der Waals surface area contributed by atoms with Gasteiger partial charge in [-0.05, 0) is 27.6 Å². The minimum absolute atomic E-state index is 0.298. The lowest BCUT2D eigenvalue weighted by Crippen LogP contribution is -2.29. The van der Waals surface area contributed by atoms with E-state index >= 15 is 0 Å². The summed E-state index contributed by atoms with van der Waals surface area (Å²) < 4.78 is 0. The summed E-state index contributed by atoms with van der Waals surface area (Å²) in [5.41, 5.74) is 0. The first-order valence-corrected chi connectivity index (χ1v) is 6.11. The average molecular weight is 220 g/mol. The molecule has 0 radical (unpaired) electrons. The van der Waals surface area contributed by atoms with Crippen LogP contribution in [0.3, 0.4) is 0 Å². The lowest BCUT2D eigenvalue weighted by molar-refractivity contribution is 0.234. The van der Waals surface area contributed by atoms with E-state index in [-0.39, 0.29) is 0 Å². The summed E-state index contributed by atoms with van der Waals surface area (Å²) in [5, 5.41) is 8.56. The summed E-state index contributed by atoms with van der Waals surface area (Å²) >= 11 is 0. The molecule has 0 aromatic rings. The van der Waals surface area contributed by atoms with Crippen LogP contribution in [0, 0.1) is 0 Å². The maximum Gasteiger partial charge on any atom is 0.0443 e. The zero-order chi connectivity index (χ0) is 12.7. The van der Waals surface area contributed by atoms with E-state index in [1.54, 1.807) is 0 Å². The van der Waals surface area contributed by atoms with E-state index in [0.717, 1.165) is 26.1 Å². The fourth-order valence-corrected chi connectivity index (χ4v) is 0.823. The van der Waals surface area contributed by atoms with Crippen molar-refractivity contribution in [3.63, 3.8) is 0 Å². The Morgan fingerprint density at radius 1 is 0.800 bits per heavy atom. The van der Waals surface area contributed by atoms with Gasteiger partial charge in [-0.3, -0.25) is 0 Å². The van der Waals surface area contributed by atoms with Crippen molar-refractivity contribution in [3.05, 3.63) is 0 Å². The first-order chi connectivity index (χ1) is 7.16. The molecule has 0 aromatic heterocycles. The van der Waals surface area contributed by atoms with Crippen molar-refractivity contribution in [1.29, 1.82) is 0 Å². The van der Waals surface area contributed by atoms with E-state index in [4.69, 9.17) is 5.11 Å². The molecule has 0 spiro atoms. The molecule has 96 valence electrons. The van der Waals surface area contributed by atoms with E-state index in [0.29, 0.717) is 6.61 Å². The maximum absolute atomic E-state index is 8.56. The fraction of sp³-hybridized carbons (Fsp3) is 1.00. The van der Waals surface area contributed by atoms with Gasteiger partial charge in [-0.1, -0.05) is 27.7 Å². The normalized spacial score (nSPS) is 9.20. The largest absolute Gasteiger partial charge is 0.396 e. The fourth-order valence-electron chi connectivity index (χ4n) is 0.823. The summed E-state index contributed by atoms with van der Waals surface area (Å²) in [5.74, 6) is 0. The number of nitrogens with zero attached hydrogens (tertiary/aromatic N) is 2. The van der Waals surface area contributed by atoms with Gasteiger partial charge in [0, 0.05) is 26.2 Å². The van der Waals surface area contributed by atoms with Crippen molar-refractivity contribution < 1.29 is 5.11 Å². The highest BCUT2D eigenvalue weighted by Crippen LogP contribution is 1.86. The van der Waals surface area contributed by atoms with Crippen LogP contribution in [0.1, 0.15) is 34.1 Å². The number of hydrogen-bond donors (Lipinski definition) is 1. The molecule has 0 atom stereocenters. The lowest BCUT2D eigenvalue weighted by Gasteiger charge is -2.18. The quantitative estimate of drug-likeness (QED) is 0.741. The molecule has 0 aliphatic rings. The lowest BCUT2D eigenvalue weighted by atomic mass is 10.4. The standard InChI is InChI=1S/C8H20N2O.2C2H6/c1-9(2)6-7-10(3)5-4-8-11;2*1-2/h11H,4-8H2,1-3H3;2*1-2H3. The van der Waals surface area contributed by atoms with Gasteiger partial charge in [-0.15, -0.1) is 0 Å². The molecule has 0 unspecified atom stereocenters. The Hall–Kier alpha value is -0.120. The van der Waals surface area contributed by atoms with Gasteiger partial charge in [0.1, 0.15) is 0 Å². The summed E-state index contributed by atoms with van der Waals surface area (Å²) in [7, 11) is 6.22. The van der Waals surface area contributed by atoms with E-state index in [9.17, 15) is 0 Å². The van der Waals surface area contributed by atoms with Gasteiger partial charge < -0.3 is 14.9 Å². The molecule has 0 aromatic carbocycles. The second kappa shape index (κ2) is 19.5. The zero-order valence-electron chi connectivity index (χ0n) is 11.9. The summed E-state index contributed by atoms with van der Waals surface area (Å²) in [6, 6.07) is 0. The van der Waals surface area contributed by atoms with Gasteiger partial charge in [-0.2, -0.15) is 0 Å². The molecule has 1 N–H and O–H groups in total. The van der Waals surface area contributed by atoms with Crippen molar-refractivity contribution >= 4 is 0 Å². The number of aliphatic hydroxyl groups is 1. The maximum atomic E-state index is 8.56. The molecule has 3 heteroatoms. The number of aliphatic hydroxyl groups excluding tert-OH is 1. The second-order valence-corrected chi connectivity index (χ2v) is 3.18. The SMILES string of the molecule is CC.CC.CN(C)CCN(C)CCCO. The highest BCUT2D eigenvalue weighted by Gasteiger charge is 1.97. The van der Waals surface area contributed by atoms with Crippen molar-refractivity contribution in [2.75, 3.05) is 47.4 Å². The molecule has 0 fully saturated rings. The molecule has 3 nitrogen and oxygen atoms in total. The highest BCUT2D eigenvalue weighted by atomic mass is 16.3.